The Hall–Kier alpha value is -2.87. The standard InChI is InChI=1S/C23H23N3O/c27-16-4-7-19-8-10-20(11-9-19)23-22-21(24-17-25-22)13-15-26(23)14-12-18-5-2-1-3-6-18/h1-3,5-6,8-11,17,23,27H,12-16H2,(H,24,25)/t23-/m0/s1. The van der Waals surface area contributed by atoms with Crippen LogP contribution in [-0.4, -0.2) is 39.7 Å². The van der Waals surface area contributed by atoms with Gasteiger partial charge in [-0.1, -0.05) is 54.3 Å². The van der Waals surface area contributed by atoms with Crippen molar-refractivity contribution in [3.05, 3.63) is 89.0 Å². The number of H-pyrrole nitrogens is 1. The maximum absolute atomic E-state index is 8.87. The fourth-order valence-corrected chi connectivity index (χ4v) is 3.74. The Bertz CT molecular complexity index is 935. The van der Waals surface area contributed by atoms with Gasteiger partial charge in [0.2, 0.25) is 0 Å². The zero-order valence-electron chi connectivity index (χ0n) is 15.2. The molecule has 1 aromatic heterocycles. The Morgan fingerprint density at radius 3 is 2.70 bits per heavy atom. The molecule has 0 unspecified atom stereocenters. The molecule has 0 aliphatic carbocycles. The molecule has 3 aromatic rings. The van der Waals surface area contributed by atoms with E-state index in [0.29, 0.717) is 0 Å². The summed E-state index contributed by atoms with van der Waals surface area (Å²) in [7, 11) is 0. The van der Waals surface area contributed by atoms with Crippen LogP contribution < -0.4 is 0 Å². The normalized spacial score (nSPS) is 16.4. The number of imidazole rings is 1. The van der Waals surface area contributed by atoms with Gasteiger partial charge in [-0.25, -0.2) is 4.98 Å². The Labute approximate surface area is 159 Å². The monoisotopic (exact) mass is 357 g/mol. The maximum Gasteiger partial charge on any atom is 0.104 e. The first-order valence-electron chi connectivity index (χ1n) is 9.35. The van der Waals surface area contributed by atoms with Crippen LogP contribution in [0.4, 0.5) is 0 Å². The van der Waals surface area contributed by atoms with E-state index in [0.717, 1.165) is 37.2 Å². The van der Waals surface area contributed by atoms with Crippen molar-refractivity contribution in [1.82, 2.24) is 14.9 Å². The highest BCUT2D eigenvalue weighted by Crippen LogP contribution is 2.33. The van der Waals surface area contributed by atoms with Crippen LogP contribution in [0.3, 0.4) is 0 Å². The smallest absolute Gasteiger partial charge is 0.104 e. The summed E-state index contributed by atoms with van der Waals surface area (Å²) in [4.78, 5) is 10.5. The summed E-state index contributed by atoms with van der Waals surface area (Å²) in [6, 6.07) is 19.1. The molecule has 4 rings (SSSR count). The van der Waals surface area contributed by atoms with Crippen molar-refractivity contribution in [3.63, 3.8) is 0 Å². The number of benzene rings is 2. The molecule has 1 aliphatic heterocycles. The highest BCUT2D eigenvalue weighted by Gasteiger charge is 2.30. The van der Waals surface area contributed by atoms with Crippen molar-refractivity contribution in [3.8, 4) is 11.8 Å². The summed E-state index contributed by atoms with van der Waals surface area (Å²) in [6.45, 7) is 1.89. The molecule has 0 fully saturated rings. The molecular weight excluding hydrogens is 334 g/mol. The Kier molecular flexibility index (Phi) is 5.34. The molecule has 2 heterocycles. The lowest BCUT2D eigenvalue weighted by molar-refractivity contribution is 0.211. The molecule has 4 heteroatoms. The molecule has 4 nitrogen and oxygen atoms in total. The minimum absolute atomic E-state index is 0.117. The van der Waals surface area contributed by atoms with E-state index in [1.165, 1.54) is 16.8 Å². The first-order valence-corrected chi connectivity index (χ1v) is 9.35. The second kappa shape index (κ2) is 8.22. The van der Waals surface area contributed by atoms with Crippen molar-refractivity contribution in [2.75, 3.05) is 19.7 Å². The van der Waals surface area contributed by atoms with Crippen LogP contribution in [-0.2, 0) is 12.8 Å². The summed E-state index contributed by atoms with van der Waals surface area (Å²) in [5, 5.41) is 8.87. The fraction of sp³-hybridized carbons (Fsp3) is 0.261. The predicted molar refractivity (Wildman–Crippen MR) is 106 cm³/mol. The molecule has 2 N–H and O–H groups in total. The number of hydrogen-bond acceptors (Lipinski definition) is 3. The van der Waals surface area contributed by atoms with E-state index in [1.807, 2.05) is 12.1 Å². The van der Waals surface area contributed by atoms with E-state index in [1.54, 1.807) is 6.33 Å². The van der Waals surface area contributed by atoms with Crippen molar-refractivity contribution >= 4 is 0 Å². The van der Waals surface area contributed by atoms with E-state index in [2.05, 4.69) is 69.2 Å². The Balaban J connectivity index is 1.59. The second-order valence-electron chi connectivity index (χ2n) is 6.77. The number of aromatic amines is 1. The average Bonchev–Trinajstić information content (AvgIpc) is 3.20. The van der Waals surface area contributed by atoms with Gasteiger partial charge in [-0.15, -0.1) is 0 Å². The topological polar surface area (TPSA) is 52.2 Å². The van der Waals surface area contributed by atoms with Gasteiger partial charge in [-0.2, -0.15) is 0 Å². The molecule has 0 radical (unpaired) electrons. The lowest BCUT2D eigenvalue weighted by Gasteiger charge is -2.35. The summed E-state index contributed by atoms with van der Waals surface area (Å²) in [5.74, 6) is 5.66. The highest BCUT2D eigenvalue weighted by atomic mass is 16.2. The molecule has 0 amide bonds. The van der Waals surface area contributed by atoms with Crippen molar-refractivity contribution in [1.29, 1.82) is 0 Å². The van der Waals surface area contributed by atoms with E-state index in [4.69, 9.17) is 5.11 Å². The molecular formula is C23H23N3O. The lowest BCUT2D eigenvalue weighted by Crippen LogP contribution is -2.37. The zero-order valence-corrected chi connectivity index (χ0v) is 15.2. The third kappa shape index (κ3) is 3.95. The number of aromatic nitrogens is 2. The fourth-order valence-electron chi connectivity index (χ4n) is 3.74. The summed E-state index contributed by atoms with van der Waals surface area (Å²) in [5.41, 5.74) is 5.87. The van der Waals surface area contributed by atoms with Gasteiger partial charge < -0.3 is 10.1 Å². The minimum atomic E-state index is -0.117. The SMILES string of the molecule is OCC#Cc1ccc([C@H]2c3nc[nH]c3CCN2CCc2ccccc2)cc1. The third-order valence-electron chi connectivity index (χ3n) is 5.09. The average molecular weight is 357 g/mol. The number of fused-ring (bicyclic) bond motifs is 1. The van der Waals surface area contributed by atoms with Gasteiger partial charge >= 0.3 is 0 Å². The Morgan fingerprint density at radius 2 is 1.93 bits per heavy atom. The maximum atomic E-state index is 8.87. The quantitative estimate of drug-likeness (QED) is 0.706. The van der Waals surface area contributed by atoms with Crippen LogP contribution in [0, 0.1) is 11.8 Å². The first kappa shape index (κ1) is 17.5. The molecule has 2 aromatic carbocycles. The minimum Gasteiger partial charge on any atom is -0.384 e. The van der Waals surface area contributed by atoms with Gasteiger partial charge in [0, 0.05) is 30.8 Å². The van der Waals surface area contributed by atoms with Crippen molar-refractivity contribution in [2.24, 2.45) is 0 Å². The molecule has 0 spiro atoms. The van der Waals surface area contributed by atoms with Gasteiger partial charge in [0.25, 0.3) is 0 Å². The van der Waals surface area contributed by atoms with Crippen LogP contribution >= 0.6 is 0 Å². The van der Waals surface area contributed by atoms with E-state index >= 15 is 0 Å². The molecule has 0 saturated heterocycles. The van der Waals surface area contributed by atoms with Crippen LogP contribution in [0.15, 0.2) is 60.9 Å². The highest BCUT2D eigenvalue weighted by molar-refractivity contribution is 5.40. The van der Waals surface area contributed by atoms with Gasteiger partial charge in [0.15, 0.2) is 0 Å². The van der Waals surface area contributed by atoms with Crippen LogP contribution in [0.2, 0.25) is 0 Å². The summed E-state index contributed by atoms with van der Waals surface area (Å²) < 4.78 is 0. The second-order valence-corrected chi connectivity index (χ2v) is 6.77. The largest absolute Gasteiger partial charge is 0.384 e. The number of nitrogens with one attached hydrogen (secondary N) is 1. The summed E-state index contributed by atoms with van der Waals surface area (Å²) in [6.07, 6.45) is 3.83. The van der Waals surface area contributed by atoms with Crippen LogP contribution in [0.5, 0.6) is 0 Å². The first-order chi connectivity index (χ1) is 13.3. The third-order valence-corrected chi connectivity index (χ3v) is 5.09. The van der Waals surface area contributed by atoms with Crippen LogP contribution in [0.1, 0.15) is 34.1 Å². The lowest BCUT2D eigenvalue weighted by atomic mass is 9.94. The van der Waals surface area contributed by atoms with E-state index < -0.39 is 0 Å². The zero-order chi connectivity index (χ0) is 18.5. The van der Waals surface area contributed by atoms with Crippen LogP contribution in [0.25, 0.3) is 0 Å². The van der Waals surface area contributed by atoms with Gasteiger partial charge in [0.1, 0.15) is 6.61 Å². The van der Waals surface area contributed by atoms with Crippen molar-refractivity contribution in [2.45, 2.75) is 18.9 Å². The molecule has 0 saturated carbocycles. The summed E-state index contributed by atoms with van der Waals surface area (Å²) >= 11 is 0. The molecule has 1 aliphatic rings. The number of nitrogens with zero attached hydrogens (tertiary/aromatic N) is 2. The van der Waals surface area contributed by atoms with E-state index in [-0.39, 0.29) is 12.6 Å². The molecule has 136 valence electrons. The van der Waals surface area contributed by atoms with Crippen molar-refractivity contribution < 1.29 is 5.11 Å². The predicted octanol–water partition coefficient (Wildman–Crippen LogP) is 2.94. The number of hydrogen-bond donors (Lipinski definition) is 2. The Morgan fingerprint density at radius 1 is 1.11 bits per heavy atom. The number of rotatable bonds is 4. The molecule has 0 bridgehead atoms. The van der Waals surface area contributed by atoms with Gasteiger partial charge in [-0.3, -0.25) is 4.90 Å². The van der Waals surface area contributed by atoms with Gasteiger partial charge in [0.05, 0.1) is 18.1 Å². The molecule has 27 heavy (non-hydrogen) atoms. The number of aliphatic hydroxyl groups excluding tert-OH is 1. The molecule has 1 atom stereocenters. The van der Waals surface area contributed by atoms with Gasteiger partial charge in [-0.05, 0) is 29.7 Å². The van der Waals surface area contributed by atoms with E-state index in [9.17, 15) is 0 Å². The number of aliphatic hydroxyl groups is 1.